The van der Waals surface area contributed by atoms with Crippen LogP contribution in [-0.4, -0.2) is 45.4 Å². The third kappa shape index (κ3) is 4.47. The molecular formula is C26H24ClN3O4S2. The van der Waals surface area contributed by atoms with Gasteiger partial charge in [-0.25, -0.2) is 0 Å². The lowest BCUT2D eigenvalue weighted by Crippen LogP contribution is -2.45. The van der Waals surface area contributed by atoms with Crippen LogP contribution < -0.4 is 5.56 Å². The molecule has 1 fully saturated rings. The molecule has 0 unspecified atom stereocenters. The summed E-state index contributed by atoms with van der Waals surface area (Å²) in [5.41, 5.74) is 1.86. The van der Waals surface area contributed by atoms with E-state index in [2.05, 4.69) is 0 Å². The van der Waals surface area contributed by atoms with Gasteiger partial charge in [-0.1, -0.05) is 35.9 Å². The Morgan fingerprint density at radius 1 is 1.17 bits per heavy atom. The summed E-state index contributed by atoms with van der Waals surface area (Å²) in [6, 6.07) is 14.6. The summed E-state index contributed by atoms with van der Waals surface area (Å²) < 4.78 is 9.13. The Hall–Kier alpha value is -3.01. The number of nitrogens with zero attached hydrogens (tertiary/aromatic N) is 3. The molecule has 0 aliphatic carbocycles. The number of para-hydroxylation sites is 1. The second kappa shape index (κ2) is 10.2. The van der Waals surface area contributed by atoms with E-state index in [0.717, 1.165) is 10.4 Å². The van der Waals surface area contributed by atoms with Gasteiger partial charge in [0, 0.05) is 18.1 Å². The Kier molecular flexibility index (Phi) is 6.96. The van der Waals surface area contributed by atoms with Gasteiger partial charge < -0.3 is 9.64 Å². The highest BCUT2D eigenvalue weighted by molar-refractivity contribution is 7.73. The number of thiazole rings is 1. The van der Waals surface area contributed by atoms with E-state index in [0.29, 0.717) is 51.5 Å². The SMILES string of the molecule is CCOC(=O)[C@H]1CCCN(C(=O)Cn2c(=O)c3ccccc3n3c(=S)sc(-c4ccc(Cl)cc4)c23)C1. The highest BCUT2D eigenvalue weighted by atomic mass is 35.5. The molecule has 0 N–H and O–H groups in total. The van der Waals surface area contributed by atoms with Gasteiger partial charge in [0.15, 0.2) is 3.95 Å². The molecule has 10 heteroatoms. The quantitative estimate of drug-likeness (QED) is 0.257. The molecule has 0 spiro atoms. The second-order valence-corrected chi connectivity index (χ2v) is 10.8. The predicted molar refractivity (Wildman–Crippen MR) is 144 cm³/mol. The van der Waals surface area contributed by atoms with Gasteiger partial charge in [-0.2, -0.15) is 0 Å². The van der Waals surface area contributed by atoms with Crippen molar-refractivity contribution in [3.63, 3.8) is 0 Å². The molecule has 2 aromatic carbocycles. The maximum Gasteiger partial charge on any atom is 0.310 e. The van der Waals surface area contributed by atoms with Crippen molar-refractivity contribution < 1.29 is 14.3 Å². The minimum atomic E-state index is -0.351. The minimum absolute atomic E-state index is 0.158. The Morgan fingerprint density at radius 3 is 2.67 bits per heavy atom. The van der Waals surface area contributed by atoms with Crippen LogP contribution >= 0.6 is 35.2 Å². The molecule has 7 nitrogen and oxygen atoms in total. The van der Waals surface area contributed by atoms with Crippen LogP contribution in [0, 0.1) is 9.87 Å². The largest absolute Gasteiger partial charge is 0.466 e. The maximum atomic E-state index is 13.7. The van der Waals surface area contributed by atoms with E-state index in [4.69, 9.17) is 28.6 Å². The number of benzene rings is 2. The molecule has 5 rings (SSSR count). The number of esters is 1. The van der Waals surface area contributed by atoms with Crippen LogP contribution in [0.25, 0.3) is 27.0 Å². The van der Waals surface area contributed by atoms with Crippen molar-refractivity contribution in [2.75, 3.05) is 19.7 Å². The van der Waals surface area contributed by atoms with E-state index in [1.807, 2.05) is 28.7 Å². The van der Waals surface area contributed by atoms with E-state index < -0.39 is 0 Å². The number of halogens is 1. The molecule has 1 aliphatic heterocycles. The molecule has 186 valence electrons. The van der Waals surface area contributed by atoms with Gasteiger partial charge >= 0.3 is 5.97 Å². The zero-order valence-corrected chi connectivity index (χ0v) is 22.0. The molecular weight excluding hydrogens is 518 g/mol. The average Bonchev–Trinajstić information content (AvgIpc) is 3.24. The molecule has 0 saturated carbocycles. The first-order valence-corrected chi connectivity index (χ1v) is 13.4. The van der Waals surface area contributed by atoms with Crippen LogP contribution in [0.4, 0.5) is 0 Å². The van der Waals surface area contributed by atoms with Crippen LogP contribution in [0.15, 0.2) is 53.3 Å². The molecule has 4 aromatic rings. The monoisotopic (exact) mass is 541 g/mol. The summed E-state index contributed by atoms with van der Waals surface area (Å²) in [6.07, 6.45) is 1.39. The van der Waals surface area contributed by atoms with Gasteiger partial charge in [-0.15, -0.1) is 11.3 Å². The summed E-state index contributed by atoms with van der Waals surface area (Å²) in [5, 5.41) is 1.09. The first-order valence-electron chi connectivity index (χ1n) is 11.8. The Labute approximate surface area is 221 Å². The highest BCUT2D eigenvalue weighted by Gasteiger charge is 2.30. The van der Waals surface area contributed by atoms with E-state index in [1.165, 1.54) is 15.9 Å². The molecule has 0 radical (unpaired) electrons. The first kappa shape index (κ1) is 24.7. The Bertz CT molecular complexity index is 1590. The summed E-state index contributed by atoms with van der Waals surface area (Å²) in [6.45, 7) is 2.74. The lowest BCUT2D eigenvalue weighted by Gasteiger charge is -2.31. The maximum absolute atomic E-state index is 13.7. The van der Waals surface area contributed by atoms with E-state index in [1.54, 1.807) is 36.1 Å². The smallest absolute Gasteiger partial charge is 0.310 e. The number of fused-ring (bicyclic) bond motifs is 3. The van der Waals surface area contributed by atoms with Gasteiger partial charge in [0.25, 0.3) is 5.56 Å². The van der Waals surface area contributed by atoms with Crippen LogP contribution in [-0.2, 0) is 20.9 Å². The zero-order chi connectivity index (χ0) is 25.4. The van der Waals surface area contributed by atoms with Gasteiger partial charge in [-0.3, -0.25) is 23.4 Å². The second-order valence-electron chi connectivity index (χ2n) is 8.70. The minimum Gasteiger partial charge on any atom is -0.466 e. The van der Waals surface area contributed by atoms with Crippen LogP contribution in [0.3, 0.4) is 0 Å². The normalized spacial score (nSPS) is 15.9. The standard InChI is InChI=1S/C26H24ClN3O4S2/c1-2-34-25(33)17-6-5-13-28(14-17)21(31)15-29-23-22(16-9-11-18(27)12-10-16)36-26(35)30(23)20-8-4-3-7-19(20)24(29)32/h3-4,7-12,17H,2,5-6,13-15H2,1H3/t17-/m0/s1. The summed E-state index contributed by atoms with van der Waals surface area (Å²) in [7, 11) is 0. The number of hydrogen-bond acceptors (Lipinski definition) is 6. The Morgan fingerprint density at radius 2 is 1.92 bits per heavy atom. The summed E-state index contributed by atoms with van der Waals surface area (Å²) in [5.74, 6) is -0.854. The van der Waals surface area contributed by atoms with Crippen LogP contribution in [0.2, 0.25) is 5.02 Å². The fourth-order valence-corrected chi connectivity index (χ4v) is 6.30. The summed E-state index contributed by atoms with van der Waals surface area (Å²) in [4.78, 5) is 41.9. The lowest BCUT2D eigenvalue weighted by molar-refractivity contribution is -0.151. The molecule has 0 bridgehead atoms. The summed E-state index contributed by atoms with van der Waals surface area (Å²) >= 11 is 13.2. The number of likely N-dealkylation sites (tertiary alicyclic amines) is 1. The van der Waals surface area contributed by atoms with Crippen molar-refractivity contribution in [3.05, 3.63) is 67.9 Å². The van der Waals surface area contributed by atoms with Gasteiger partial charge in [0.05, 0.1) is 28.3 Å². The number of piperidine rings is 1. The third-order valence-electron chi connectivity index (χ3n) is 6.46. The third-order valence-corrected chi connectivity index (χ3v) is 8.12. The van der Waals surface area contributed by atoms with Gasteiger partial charge in [0.1, 0.15) is 12.2 Å². The van der Waals surface area contributed by atoms with Gasteiger partial charge in [0.2, 0.25) is 5.91 Å². The Balaban J connectivity index is 1.63. The number of carbonyl (C=O) groups excluding carboxylic acids is 2. The fraction of sp³-hybridized carbons (Fsp3) is 0.308. The number of carbonyl (C=O) groups is 2. The zero-order valence-electron chi connectivity index (χ0n) is 19.6. The molecule has 36 heavy (non-hydrogen) atoms. The lowest BCUT2D eigenvalue weighted by atomic mass is 9.98. The van der Waals surface area contributed by atoms with Crippen molar-refractivity contribution in [2.45, 2.75) is 26.3 Å². The molecule has 3 heterocycles. The molecule has 1 aliphatic rings. The highest BCUT2D eigenvalue weighted by Crippen LogP contribution is 2.34. The number of ether oxygens (including phenoxy) is 1. The van der Waals surface area contributed by atoms with Crippen molar-refractivity contribution in [2.24, 2.45) is 5.92 Å². The number of amides is 1. The van der Waals surface area contributed by atoms with E-state index in [9.17, 15) is 14.4 Å². The number of hydrogen-bond donors (Lipinski definition) is 0. The number of rotatable bonds is 5. The van der Waals surface area contributed by atoms with Crippen molar-refractivity contribution >= 4 is 63.6 Å². The molecule has 1 atom stereocenters. The molecule has 2 aromatic heterocycles. The van der Waals surface area contributed by atoms with Crippen molar-refractivity contribution in [3.8, 4) is 10.4 Å². The predicted octanol–water partition coefficient (Wildman–Crippen LogP) is 5.17. The molecule has 1 amide bonds. The molecule has 1 saturated heterocycles. The van der Waals surface area contributed by atoms with Crippen molar-refractivity contribution in [1.29, 1.82) is 0 Å². The van der Waals surface area contributed by atoms with E-state index in [-0.39, 0.29) is 36.4 Å². The first-order chi connectivity index (χ1) is 17.4. The fourth-order valence-electron chi connectivity index (χ4n) is 4.74. The van der Waals surface area contributed by atoms with Crippen LogP contribution in [0.1, 0.15) is 19.8 Å². The topological polar surface area (TPSA) is 73.0 Å². The van der Waals surface area contributed by atoms with Crippen molar-refractivity contribution in [1.82, 2.24) is 13.9 Å². The number of aromatic nitrogens is 2. The van der Waals surface area contributed by atoms with Gasteiger partial charge in [-0.05, 0) is 61.8 Å². The van der Waals surface area contributed by atoms with Crippen LogP contribution in [0.5, 0.6) is 0 Å². The average molecular weight is 542 g/mol. The van der Waals surface area contributed by atoms with E-state index >= 15 is 0 Å².